The number of anilines is 3. The molecule has 0 atom stereocenters. The van der Waals surface area contributed by atoms with Crippen molar-refractivity contribution in [2.75, 3.05) is 4.90 Å². The summed E-state index contributed by atoms with van der Waals surface area (Å²) in [5.41, 5.74) is 24.1. The summed E-state index contributed by atoms with van der Waals surface area (Å²) >= 11 is 0. The lowest BCUT2D eigenvalue weighted by atomic mass is 9.78. The highest BCUT2D eigenvalue weighted by molar-refractivity contribution is 5.95. The molecule has 10 rings (SSSR count). The zero-order valence-electron chi connectivity index (χ0n) is 38.7. The van der Waals surface area contributed by atoms with Gasteiger partial charge in [-0.05, 0) is 125 Å². The van der Waals surface area contributed by atoms with E-state index in [2.05, 4.69) is 250 Å². The van der Waals surface area contributed by atoms with Gasteiger partial charge in [-0.25, -0.2) is 0 Å². The van der Waals surface area contributed by atoms with Gasteiger partial charge in [-0.3, -0.25) is 0 Å². The lowest BCUT2D eigenvalue weighted by Gasteiger charge is -2.31. The summed E-state index contributed by atoms with van der Waals surface area (Å²) in [4.78, 5) is 2.53. The molecule has 0 fully saturated rings. The Kier molecular flexibility index (Phi) is 9.39. The van der Waals surface area contributed by atoms with Crippen molar-refractivity contribution < 1.29 is 0 Å². The van der Waals surface area contributed by atoms with Crippen LogP contribution >= 0.6 is 0 Å². The average molecular weight is 818 g/mol. The molecule has 63 heavy (non-hydrogen) atoms. The fraction of sp³-hybridized carbons (Fsp3) is 0.226. The maximum absolute atomic E-state index is 2.53. The molecule has 312 valence electrons. The highest BCUT2D eigenvalue weighted by Gasteiger charge is 2.38. The van der Waals surface area contributed by atoms with Crippen LogP contribution < -0.4 is 4.90 Å². The first-order valence-electron chi connectivity index (χ1n) is 22.8. The Morgan fingerprint density at radius 2 is 0.841 bits per heavy atom. The van der Waals surface area contributed by atoms with Gasteiger partial charge in [0.2, 0.25) is 0 Å². The van der Waals surface area contributed by atoms with Gasteiger partial charge >= 0.3 is 0 Å². The Labute approximate surface area is 376 Å². The third-order valence-corrected chi connectivity index (χ3v) is 14.2. The van der Waals surface area contributed by atoms with Gasteiger partial charge in [0.15, 0.2) is 0 Å². The number of hydrogen-bond donors (Lipinski definition) is 0. The smallest absolute Gasteiger partial charge is 0.0546 e. The van der Waals surface area contributed by atoms with E-state index >= 15 is 0 Å². The molecule has 0 N–H and O–H groups in total. The molecule has 8 aromatic carbocycles. The second-order valence-electron chi connectivity index (χ2n) is 21.1. The number of benzene rings is 8. The number of rotatable bonds is 6. The molecule has 0 aromatic heterocycles. The average Bonchev–Trinajstić information content (AvgIpc) is 3.65. The minimum Gasteiger partial charge on any atom is -0.310 e. The van der Waals surface area contributed by atoms with Crippen LogP contribution in [0.4, 0.5) is 17.1 Å². The predicted octanol–water partition coefficient (Wildman–Crippen LogP) is 17.4. The van der Waals surface area contributed by atoms with Crippen LogP contribution in [0.15, 0.2) is 176 Å². The van der Waals surface area contributed by atoms with Crippen molar-refractivity contribution in [3.8, 4) is 55.6 Å². The van der Waals surface area contributed by atoms with Crippen molar-refractivity contribution in [2.24, 2.45) is 0 Å². The van der Waals surface area contributed by atoms with Gasteiger partial charge in [0.05, 0.1) is 5.69 Å². The maximum Gasteiger partial charge on any atom is 0.0546 e. The van der Waals surface area contributed by atoms with Crippen molar-refractivity contribution in [1.82, 2.24) is 0 Å². The van der Waals surface area contributed by atoms with Crippen LogP contribution in [0.2, 0.25) is 0 Å². The van der Waals surface area contributed by atoms with Crippen molar-refractivity contribution in [3.63, 3.8) is 0 Å². The summed E-state index contributed by atoms with van der Waals surface area (Å²) in [6.45, 7) is 23.5. The van der Waals surface area contributed by atoms with Crippen LogP contribution in [0, 0.1) is 0 Å². The summed E-state index contributed by atoms with van der Waals surface area (Å²) in [7, 11) is 0. The van der Waals surface area contributed by atoms with Crippen LogP contribution in [0.1, 0.15) is 103 Å². The normalized spacial score (nSPS) is 14.4. The van der Waals surface area contributed by atoms with E-state index in [9.17, 15) is 0 Å². The molecule has 1 nitrogen and oxygen atoms in total. The summed E-state index contributed by atoms with van der Waals surface area (Å²) < 4.78 is 0. The van der Waals surface area contributed by atoms with Crippen LogP contribution in [-0.2, 0) is 21.7 Å². The quantitative estimate of drug-likeness (QED) is 0.162. The minimum absolute atomic E-state index is 0.0242. The van der Waals surface area contributed by atoms with Gasteiger partial charge in [-0.2, -0.15) is 0 Å². The van der Waals surface area contributed by atoms with E-state index in [0.717, 1.165) is 17.1 Å². The van der Waals surface area contributed by atoms with E-state index in [4.69, 9.17) is 0 Å². The molecule has 0 radical (unpaired) electrons. The molecule has 0 unspecified atom stereocenters. The fourth-order valence-electron chi connectivity index (χ4n) is 10.5. The third-order valence-electron chi connectivity index (χ3n) is 14.2. The van der Waals surface area contributed by atoms with E-state index in [-0.39, 0.29) is 21.7 Å². The molecule has 1 heteroatoms. The Bertz CT molecular complexity index is 3020. The van der Waals surface area contributed by atoms with Gasteiger partial charge in [0.25, 0.3) is 0 Å². The van der Waals surface area contributed by atoms with Crippen LogP contribution in [-0.4, -0.2) is 0 Å². The molecule has 0 heterocycles. The molecule has 0 saturated carbocycles. The van der Waals surface area contributed by atoms with E-state index < -0.39 is 0 Å². The van der Waals surface area contributed by atoms with Gasteiger partial charge in [0, 0.05) is 27.8 Å². The lowest BCUT2D eigenvalue weighted by Crippen LogP contribution is -2.18. The molecular weight excluding hydrogens is 759 g/mol. The summed E-state index contributed by atoms with van der Waals surface area (Å²) in [6, 6.07) is 66.6. The van der Waals surface area contributed by atoms with Crippen molar-refractivity contribution in [3.05, 3.63) is 209 Å². The van der Waals surface area contributed by atoms with E-state index in [0.29, 0.717) is 0 Å². The zero-order valence-corrected chi connectivity index (χ0v) is 38.7. The molecule has 0 spiro atoms. The van der Waals surface area contributed by atoms with E-state index in [1.54, 1.807) is 0 Å². The van der Waals surface area contributed by atoms with Crippen molar-refractivity contribution in [1.29, 1.82) is 0 Å². The topological polar surface area (TPSA) is 3.24 Å². The van der Waals surface area contributed by atoms with Crippen LogP contribution in [0.3, 0.4) is 0 Å². The molecule has 8 aromatic rings. The summed E-state index contributed by atoms with van der Waals surface area (Å²) in [5.74, 6) is 0. The van der Waals surface area contributed by atoms with Gasteiger partial charge in [0.1, 0.15) is 0 Å². The van der Waals surface area contributed by atoms with Gasteiger partial charge in [-0.1, -0.05) is 215 Å². The minimum atomic E-state index is -0.146. The Balaban J connectivity index is 1.22. The number of fused-ring (bicyclic) bond motifs is 6. The third kappa shape index (κ3) is 6.76. The molecule has 0 bridgehead atoms. The van der Waals surface area contributed by atoms with Crippen molar-refractivity contribution in [2.45, 2.75) is 90.9 Å². The Hall–Kier alpha value is -6.44. The molecule has 0 amide bonds. The lowest BCUT2D eigenvalue weighted by molar-refractivity contribution is 0.569. The van der Waals surface area contributed by atoms with Gasteiger partial charge in [-0.15, -0.1) is 0 Å². The number of hydrogen-bond acceptors (Lipinski definition) is 1. The SMILES string of the molecule is CC(C)(C)c1cc(-c2ccc(-c3ccccc3)cc2N(c2ccc(-c3cccc4c3-c3ccccc3C4(C)C)cc2)c2ccc3c(c2)C(C)(C)c2ccccc2-3)cc(C(C)(C)C)c1. The van der Waals surface area contributed by atoms with Crippen LogP contribution in [0.5, 0.6) is 0 Å². The van der Waals surface area contributed by atoms with E-state index in [1.165, 1.54) is 89.0 Å². The van der Waals surface area contributed by atoms with E-state index in [1.807, 2.05) is 0 Å². The zero-order chi connectivity index (χ0) is 44.1. The van der Waals surface area contributed by atoms with Crippen LogP contribution in [0.25, 0.3) is 55.6 Å². The maximum atomic E-state index is 2.53. The molecule has 0 saturated heterocycles. The second-order valence-corrected chi connectivity index (χ2v) is 21.1. The first-order valence-corrected chi connectivity index (χ1v) is 22.8. The standard InChI is InChI=1S/C62H59N/c1-59(2,3)44-35-43(36-45(38-44)60(4,5)6)48-33-29-42(40-19-12-11-13-20-40)37-57(48)63(47-32-34-51-50-21-14-16-24-53(50)62(9,10)56(51)39-47)46-30-27-41(28-31-46)49-23-18-26-55-58(49)52-22-15-17-25-54(52)61(55,7)8/h11-39H,1-10H3. The second kappa shape index (κ2) is 14.6. The largest absolute Gasteiger partial charge is 0.310 e. The highest BCUT2D eigenvalue weighted by Crippen LogP contribution is 2.54. The molecule has 2 aliphatic carbocycles. The Morgan fingerprint density at radius 1 is 0.333 bits per heavy atom. The molecule has 2 aliphatic rings. The summed E-state index contributed by atoms with van der Waals surface area (Å²) in [5, 5.41) is 0. The summed E-state index contributed by atoms with van der Waals surface area (Å²) in [6.07, 6.45) is 0. The molecule has 0 aliphatic heterocycles. The van der Waals surface area contributed by atoms with Gasteiger partial charge < -0.3 is 4.90 Å². The fourth-order valence-corrected chi connectivity index (χ4v) is 10.5. The first kappa shape index (κ1) is 40.6. The Morgan fingerprint density at radius 3 is 1.51 bits per heavy atom. The van der Waals surface area contributed by atoms with Crippen molar-refractivity contribution >= 4 is 17.1 Å². The number of nitrogens with zero attached hydrogens (tertiary/aromatic N) is 1. The predicted molar refractivity (Wildman–Crippen MR) is 270 cm³/mol. The monoisotopic (exact) mass is 817 g/mol. The first-order chi connectivity index (χ1) is 30.0. The molecular formula is C62H59N. The highest BCUT2D eigenvalue weighted by atomic mass is 15.1.